The maximum atomic E-state index is 13.4. The summed E-state index contributed by atoms with van der Waals surface area (Å²) >= 11 is 0. The van der Waals surface area contributed by atoms with Crippen molar-refractivity contribution in [3.63, 3.8) is 0 Å². The molecule has 0 radical (unpaired) electrons. The summed E-state index contributed by atoms with van der Waals surface area (Å²) in [7, 11) is 0. The van der Waals surface area contributed by atoms with Gasteiger partial charge < -0.3 is 20.5 Å². The van der Waals surface area contributed by atoms with Crippen molar-refractivity contribution < 1.29 is 13.9 Å². The van der Waals surface area contributed by atoms with Crippen LogP contribution in [0.1, 0.15) is 5.56 Å². The molecule has 0 saturated heterocycles. The maximum Gasteiger partial charge on any atom is 0.163 e. The van der Waals surface area contributed by atoms with Gasteiger partial charge in [-0.05, 0) is 36.8 Å². The van der Waals surface area contributed by atoms with E-state index >= 15 is 0 Å². The predicted molar refractivity (Wildman–Crippen MR) is 76.3 cm³/mol. The number of aryl methyl sites for hydroxylation is 1. The van der Waals surface area contributed by atoms with Gasteiger partial charge in [0.1, 0.15) is 19.0 Å². The van der Waals surface area contributed by atoms with Crippen LogP contribution in [-0.4, -0.2) is 13.2 Å². The Morgan fingerprint density at radius 1 is 1.10 bits per heavy atom. The van der Waals surface area contributed by atoms with E-state index in [1.807, 2.05) is 18.2 Å². The fourth-order valence-electron chi connectivity index (χ4n) is 2.08. The monoisotopic (exact) mass is 274 g/mol. The molecule has 0 aliphatic carbocycles. The van der Waals surface area contributed by atoms with E-state index in [-0.39, 0.29) is 5.82 Å². The normalized spacial score (nSPS) is 13.1. The minimum atomic E-state index is -0.310. The molecule has 1 aliphatic rings. The fraction of sp³-hybridized carbons (Fsp3) is 0.200. The smallest absolute Gasteiger partial charge is 0.163 e. The largest absolute Gasteiger partial charge is 0.486 e. The number of benzene rings is 2. The Morgan fingerprint density at radius 2 is 1.85 bits per heavy atom. The highest BCUT2D eigenvalue weighted by molar-refractivity contribution is 5.74. The molecule has 3 N–H and O–H groups in total. The van der Waals surface area contributed by atoms with Crippen LogP contribution < -0.4 is 20.5 Å². The van der Waals surface area contributed by atoms with E-state index in [1.165, 1.54) is 6.07 Å². The van der Waals surface area contributed by atoms with Crippen molar-refractivity contribution in [3.05, 3.63) is 41.7 Å². The fourth-order valence-corrected chi connectivity index (χ4v) is 2.08. The van der Waals surface area contributed by atoms with Crippen molar-refractivity contribution in [1.29, 1.82) is 0 Å². The van der Waals surface area contributed by atoms with Crippen LogP contribution in [0.2, 0.25) is 0 Å². The number of nitrogens with two attached hydrogens (primary N) is 1. The standard InChI is InChI=1S/C15H15FN2O2/c1-9-6-13(12(17)8-11(9)16)18-10-2-3-14-15(7-10)20-5-4-19-14/h2-3,6-8,18H,4-5,17H2,1H3. The summed E-state index contributed by atoms with van der Waals surface area (Å²) in [5, 5.41) is 3.16. The third-order valence-electron chi connectivity index (χ3n) is 3.15. The number of rotatable bonds is 2. The Morgan fingerprint density at radius 3 is 2.65 bits per heavy atom. The van der Waals surface area contributed by atoms with Gasteiger partial charge in [-0.3, -0.25) is 0 Å². The van der Waals surface area contributed by atoms with E-state index < -0.39 is 0 Å². The van der Waals surface area contributed by atoms with Gasteiger partial charge in [0.25, 0.3) is 0 Å². The molecule has 2 aromatic carbocycles. The summed E-state index contributed by atoms with van der Waals surface area (Å²) in [6.45, 7) is 2.79. The van der Waals surface area contributed by atoms with Crippen molar-refractivity contribution in [1.82, 2.24) is 0 Å². The molecule has 104 valence electrons. The molecule has 4 nitrogen and oxygen atoms in total. The second-order valence-electron chi connectivity index (χ2n) is 4.67. The minimum absolute atomic E-state index is 0.310. The van der Waals surface area contributed by atoms with Gasteiger partial charge in [0.05, 0.1) is 11.4 Å². The lowest BCUT2D eigenvalue weighted by Gasteiger charge is -2.19. The molecule has 0 fully saturated rings. The van der Waals surface area contributed by atoms with Gasteiger partial charge in [0.2, 0.25) is 0 Å². The minimum Gasteiger partial charge on any atom is -0.486 e. The number of ether oxygens (including phenoxy) is 2. The quantitative estimate of drug-likeness (QED) is 0.825. The molecule has 2 aromatic rings. The Kier molecular flexibility index (Phi) is 3.10. The number of hydrogen-bond acceptors (Lipinski definition) is 4. The molecule has 20 heavy (non-hydrogen) atoms. The van der Waals surface area contributed by atoms with Crippen LogP contribution >= 0.6 is 0 Å². The van der Waals surface area contributed by atoms with Gasteiger partial charge in [0.15, 0.2) is 11.5 Å². The van der Waals surface area contributed by atoms with E-state index in [4.69, 9.17) is 15.2 Å². The molecule has 1 heterocycles. The van der Waals surface area contributed by atoms with Crippen molar-refractivity contribution in [2.75, 3.05) is 24.3 Å². The van der Waals surface area contributed by atoms with Gasteiger partial charge in [-0.15, -0.1) is 0 Å². The Labute approximate surface area is 116 Å². The lowest BCUT2D eigenvalue weighted by molar-refractivity contribution is 0.171. The zero-order chi connectivity index (χ0) is 14.1. The first kappa shape index (κ1) is 12.6. The summed E-state index contributed by atoms with van der Waals surface area (Å²) in [6.07, 6.45) is 0. The van der Waals surface area contributed by atoms with Gasteiger partial charge in [0, 0.05) is 11.8 Å². The summed E-state index contributed by atoms with van der Waals surface area (Å²) in [6, 6.07) is 8.54. The number of nitrogens with one attached hydrogen (secondary N) is 1. The number of hydrogen-bond donors (Lipinski definition) is 2. The second-order valence-corrected chi connectivity index (χ2v) is 4.67. The van der Waals surface area contributed by atoms with Gasteiger partial charge in [-0.2, -0.15) is 0 Å². The van der Waals surface area contributed by atoms with E-state index in [0.29, 0.717) is 35.9 Å². The molecule has 0 amide bonds. The highest BCUT2D eigenvalue weighted by Crippen LogP contribution is 2.34. The summed E-state index contributed by atoms with van der Waals surface area (Å²) in [5.41, 5.74) is 8.20. The molecule has 5 heteroatoms. The van der Waals surface area contributed by atoms with Crippen molar-refractivity contribution in [2.45, 2.75) is 6.92 Å². The van der Waals surface area contributed by atoms with Crippen molar-refractivity contribution in [2.24, 2.45) is 0 Å². The third kappa shape index (κ3) is 2.34. The number of anilines is 3. The van der Waals surface area contributed by atoms with Crippen LogP contribution in [0, 0.1) is 12.7 Å². The van der Waals surface area contributed by atoms with Crippen LogP contribution in [0.25, 0.3) is 0 Å². The summed E-state index contributed by atoms with van der Waals surface area (Å²) in [5.74, 6) is 1.11. The first-order valence-electron chi connectivity index (χ1n) is 6.36. The Balaban J connectivity index is 1.89. The SMILES string of the molecule is Cc1cc(Nc2ccc3c(c2)OCCO3)c(N)cc1F. The average molecular weight is 274 g/mol. The zero-order valence-corrected chi connectivity index (χ0v) is 11.1. The number of halogens is 1. The molecule has 0 unspecified atom stereocenters. The van der Waals surface area contributed by atoms with Crippen LogP contribution in [0.4, 0.5) is 21.5 Å². The molecular formula is C15H15FN2O2. The van der Waals surface area contributed by atoms with Crippen LogP contribution in [-0.2, 0) is 0 Å². The lowest BCUT2D eigenvalue weighted by Crippen LogP contribution is -2.15. The summed E-state index contributed by atoms with van der Waals surface area (Å²) in [4.78, 5) is 0. The average Bonchev–Trinajstić information content (AvgIpc) is 2.44. The molecule has 0 spiro atoms. The molecule has 0 saturated carbocycles. The predicted octanol–water partition coefficient (Wildman–Crippen LogP) is 3.23. The molecular weight excluding hydrogens is 259 g/mol. The first-order chi connectivity index (χ1) is 9.63. The summed E-state index contributed by atoms with van der Waals surface area (Å²) < 4.78 is 24.4. The van der Waals surface area contributed by atoms with Gasteiger partial charge >= 0.3 is 0 Å². The highest BCUT2D eigenvalue weighted by atomic mass is 19.1. The topological polar surface area (TPSA) is 56.5 Å². The number of nitrogen functional groups attached to an aromatic ring is 1. The third-order valence-corrected chi connectivity index (χ3v) is 3.15. The van der Waals surface area contributed by atoms with E-state index in [9.17, 15) is 4.39 Å². The van der Waals surface area contributed by atoms with E-state index in [1.54, 1.807) is 13.0 Å². The lowest BCUT2D eigenvalue weighted by atomic mass is 10.1. The van der Waals surface area contributed by atoms with E-state index in [0.717, 1.165) is 11.4 Å². The first-order valence-corrected chi connectivity index (χ1v) is 6.36. The van der Waals surface area contributed by atoms with Crippen molar-refractivity contribution in [3.8, 4) is 11.5 Å². The molecule has 0 bridgehead atoms. The van der Waals surface area contributed by atoms with Gasteiger partial charge in [-0.25, -0.2) is 4.39 Å². The Bertz CT molecular complexity index is 659. The van der Waals surface area contributed by atoms with E-state index in [2.05, 4.69) is 5.32 Å². The molecule has 0 aromatic heterocycles. The molecule has 0 atom stereocenters. The molecule has 1 aliphatic heterocycles. The van der Waals surface area contributed by atoms with Crippen LogP contribution in [0.3, 0.4) is 0 Å². The van der Waals surface area contributed by atoms with Crippen LogP contribution in [0.15, 0.2) is 30.3 Å². The Hall–Kier alpha value is -2.43. The van der Waals surface area contributed by atoms with Crippen LogP contribution in [0.5, 0.6) is 11.5 Å². The maximum absolute atomic E-state index is 13.4. The highest BCUT2D eigenvalue weighted by Gasteiger charge is 2.12. The number of fused-ring (bicyclic) bond motifs is 1. The van der Waals surface area contributed by atoms with Crippen molar-refractivity contribution >= 4 is 17.1 Å². The van der Waals surface area contributed by atoms with Gasteiger partial charge in [-0.1, -0.05) is 0 Å². The molecule has 3 rings (SSSR count). The zero-order valence-electron chi connectivity index (χ0n) is 11.1. The second kappa shape index (κ2) is 4.92.